The van der Waals surface area contributed by atoms with E-state index in [1.165, 1.54) is 64.2 Å². The summed E-state index contributed by atoms with van der Waals surface area (Å²) >= 11 is 0. The number of aliphatic hydroxyl groups is 1. The molecule has 0 heterocycles. The lowest BCUT2D eigenvalue weighted by Crippen LogP contribution is -2.53. The molecule has 2 unspecified atom stereocenters. The molecule has 160 valence electrons. The number of nitrogens with two attached hydrogens (primary N) is 1. The van der Waals surface area contributed by atoms with E-state index in [1.54, 1.807) is 0 Å². The van der Waals surface area contributed by atoms with E-state index in [9.17, 15) is 9.67 Å². The lowest BCUT2D eigenvalue weighted by molar-refractivity contribution is 0.0628. The van der Waals surface area contributed by atoms with Crippen LogP contribution in [0.2, 0.25) is 0 Å². The molecule has 0 aliphatic rings. The van der Waals surface area contributed by atoms with Gasteiger partial charge in [-0.2, -0.15) is 0 Å². The van der Waals surface area contributed by atoms with E-state index < -0.39 is 26.1 Å². The molecule has 5 N–H and O–H groups in total. The third-order valence-electron chi connectivity index (χ3n) is 4.92. The molecule has 0 bridgehead atoms. The maximum atomic E-state index is 10.8. The van der Waals surface area contributed by atoms with Crippen molar-refractivity contribution >= 4 is 7.82 Å². The van der Waals surface area contributed by atoms with Gasteiger partial charge < -0.3 is 20.6 Å². The second kappa shape index (κ2) is 15.5. The molecule has 0 fully saturated rings. The van der Waals surface area contributed by atoms with E-state index in [0.29, 0.717) is 6.42 Å². The summed E-state index contributed by atoms with van der Waals surface area (Å²) in [7, 11) is -4.66. The highest BCUT2D eigenvalue weighted by molar-refractivity contribution is 7.46. The van der Waals surface area contributed by atoms with Crippen LogP contribution in [0.1, 0.15) is 96.8 Å². The zero-order valence-corrected chi connectivity index (χ0v) is 17.8. The maximum absolute atomic E-state index is 10.8. The van der Waals surface area contributed by atoms with E-state index in [4.69, 9.17) is 21.9 Å². The SMILES string of the molecule is C#CC(N)(COP(=O)(O)O)C(O)CCCCCCCCCCCCCCC. The highest BCUT2D eigenvalue weighted by atomic mass is 31.2. The molecule has 0 aromatic carbocycles. The number of aliphatic hydroxyl groups excluding tert-OH is 1. The zero-order valence-electron chi connectivity index (χ0n) is 16.9. The maximum Gasteiger partial charge on any atom is 0.469 e. The van der Waals surface area contributed by atoms with Crippen LogP contribution in [0.5, 0.6) is 0 Å². The van der Waals surface area contributed by atoms with Gasteiger partial charge in [0.25, 0.3) is 0 Å². The molecule has 0 saturated heterocycles. The van der Waals surface area contributed by atoms with Gasteiger partial charge in [0, 0.05) is 0 Å². The van der Waals surface area contributed by atoms with Crippen molar-refractivity contribution < 1.29 is 24.0 Å². The summed E-state index contributed by atoms with van der Waals surface area (Å²) in [4.78, 5) is 17.5. The Morgan fingerprint density at radius 3 is 1.74 bits per heavy atom. The van der Waals surface area contributed by atoms with Crippen LogP contribution in [-0.2, 0) is 9.09 Å². The van der Waals surface area contributed by atoms with Crippen molar-refractivity contribution in [2.24, 2.45) is 5.73 Å². The topological polar surface area (TPSA) is 113 Å². The van der Waals surface area contributed by atoms with Gasteiger partial charge >= 0.3 is 7.82 Å². The van der Waals surface area contributed by atoms with Crippen LogP contribution in [0.15, 0.2) is 0 Å². The van der Waals surface area contributed by atoms with E-state index in [-0.39, 0.29) is 0 Å². The summed E-state index contributed by atoms with van der Waals surface area (Å²) in [5.74, 6) is 2.21. The number of rotatable bonds is 18. The minimum absolute atomic E-state index is 0.392. The van der Waals surface area contributed by atoms with Gasteiger partial charge in [0.1, 0.15) is 5.54 Å². The molecule has 6 nitrogen and oxygen atoms in total. The minimum atomic E-state index is -4.66. The highest BCUT2D eigenvalue weighted by Crippen LogP contribution is 2.37. The molecular formula is C20H40NO5P. The van der Waals surface area contributed by atoms with Crippen LogP contribution >= 0.6 is 7.82 Å². The van der Waals surface area contributed by atoms with Crippen LogP contribution < -0.4 is 5.73 Å². The fourth-order valence-corrected chi connectivity index (χ4v) is 3.42. The number of phosphoric ester groups is 1. The van der Waals surface area contributed by atoms with Crippen molar-refractivity contribution in [1.82, 2.24) is 0 Å². The number of hydrogen-bond acceptors (Lipinski definition) is 4. The van der Waals surface area contributed by atoms with Crippen molar-refractivity contribution in [3.63, 3.8) is 0 Å². The third kappa shape index (κ3) is 15.2. The first-order valence-electron chi connectivity index (χ1n) is 10.4. The van der Waals surface area contributed by atoms with E-state index in [0.717, 1.165) is 19.3 Å². The Morgan fingerprint density at radius 1 is 0.963 bits per heavy atom. The number of unbranched alkanes of at least 4 members (excludes halogenated alkanes) is 12. The van der Waals surface area contributed by atoms with Gasteiger partial charge in [0.2, 0.25) is 0 Å². The van der Waals surface area contributed by atoms with Crippen molar-refractivity contribution in [1.29, 1.82) is 0 Å². The molecule has 0 saturated carbocycles. The Hall–Kier alpha value is -0.410. The summed E-state index contributed by atoms with van der Waals surface area (Å²) in [5.41, 5.74) is 4.26. The largest absolute Gasteiger partial charge is 0.469 e. The van der Waals surface area contributed by atoms with Gasteiger partial charge in [-0.15, -0.1) is 6.42 Å². The summed E-state index contributed by atoms with van der Waals surface area (Å²) < 4.78 is 15.1. The molecule has 0 radical (unpaired) electrons. The fraction of sp³-hybridized carbons (Fsp3) is 0.900. The Balaban J connectivity index is 3.65. The molecule has 0 spiro atoms. The van der Waals surface area contributed by atoms with Crippen molar-refractivity contribution in [2.75, 3.05) is 6.61 Å². The Kier molecular flexibility index (Phi) is 15.3. The van der Waals surface area contributed by atoms with Gasteiger partial charge in [-0.3, -0.25) is 4.52 Å². The third-order valence-corrected chi connectivity index (χ3v) is 5.38. The molecule has 0 amide bonds. The quantitative estimate of drug-likeness (QED) is 0.154. The normalized spacial score (nSPS) is 15.3. The average Bonchev–Trinajstić information content (AvgIpc) is 2.62. The molecule has 0 aliphatic heterocycles. The minimum Gasteiger partial charge on any atom is -0.390 e. The van der Waals surface area contributed by atoms with Crippen molar-refractivity contribution in [2.45, 2.75) is 108 Å². The molecule has 7 heteroatoms. The number of terminal acetylenes is 1. The summed E-state index contributed by atoms with van der Waals surface area (Å²) in [6.45, 7) is 1.66. The van der Waals surface area contributed by atoms with Gasteiger partial charge in [-0.1, -0.05) is 96.3 Å². The van der Waals surface area contributed by atoms with Crippen LogP contribution in [0.4, 0.5) is 0 Å². The first kappa shape index (κ1) is 26.6. The van der Waals surface area contributed by atoms with E-state index in [1.807, 2.05) is 0 Å². The second-order valence-electron chi connectivity index (χ2n) is 7.50. The smallest absolute Gasteiger partial charge is 0.390 e. The summed E-state index contributed by atoms with van der Waals surface area (Å²) in [6, 6.07) is 0. The Bertz CT molecular complexity index is 448. The van der Waals surface area contributed by atoms with Gasteiger partial charge in [0.05, 0.1) is 12.7 Å². The Morgan fingerprint density at radius 2 is 1.37 bits per heavy atom. The summed E-state index contributed by atoms with van der Waals surface area (Å²) in [6.07, 6.45) is 20.7. The molecule has 0 aromatic heterocycles. The molecule has 0 aliphatic carbocycles. The van der Waals surface area contributed by atoms with Crippen LogP contribution in [0, 0.1) is 12.3 Å². The lowest BCUT2D eigenvalue weighted by atomic mass is 9.91. The molecule has 0 aromatic rings. The number of hydrogen-bond donors (Lipinski definition) is 4. The second-order valence-corrected chi connectivity index (χ2v) is 8.74. The zero-order chi connectivity index (χ0) is 20.6. The van der Waals surface area contributed by atoms with Gasteiger partial charge in [-0.05, 0) is 6.42 Å². The lowest BCUT2D eigenvalue weighted by Gasteiger charge is -2.29. The highest BCUT2D eigenvalue weighted by Gasteiger charge is 2.34. The van der Waals surface area contributed by atoms with E-state index >= 15 is 0 Å². The van der Waals surface area contributed by atoms with Crippen LogP contribution in [0.25, 0.3) is 0 Å². The van der Waals surface area contributed by atoms with Crippen molar-refractivity contribution in [3.8, 4) is 12.3 Å². The standard InChI is InChI=1S/C20H40NO5P/c1-3-5-6-7-8-9-10-11-12-13-14-15-16-17-19(22)20(21,4-2)18-26-27(23,24)25/h2,19,22H,3,5-18,21H2,1H3,(H2,23,24,25). The predicted molar refractivity (Wildman–Crippen MR) is 110 cm³/mol. The van der Waals surface area contributed by atoms with E-state index in [2.05, 4.69) is 17.4 Å². The number of phosphoric acid groups is 1. The fourth-order valence-electron chi connectivity index (χ4n) is 3.04. The molecular weight excluding hydrogens is 365 g/mol. The molecule has 27 heavy (non-hydrogen) atoms. The van der Waals surface area contributed by atoms with Crippen LogP contribution in [-0.4, -0.2) is 33.1 Å². The van der Waals surface area contributed by atoms with Crippen molar-refractivity contribution in [3.05, 3.63) is 0 Å². The monoisotopic (exact) mass is 405 g/mol. The first-order valence-corrected chi connectivity index (χ1v) is 11.9. The van der Waals surface area contributed by atoms with Crippen LogP contribution in [0.3, 0.4) is 0 Å². The Labute approximate surface area is 165 Å². The average molecular weight is 406 g/mol. The van der Waals surface area contributed by atoms with Gasteiger partial charge in [-0.25, -0.2) is 4.57 Å². The first-order chi connectivity index (χ1) is 12.7. The van der Waals surface area contributed by atoms with Gasteiger partial charge in [0.15, 0.2) is 0 Å². The predicted octanol–water partition coefficient (Wildman–Crippen LogP) is 4.27. The molecule has 0 rings (SSSR count). The molecule has 2 atom stereocenters. The summed E-state index contributed by atoms with van der Waals surface area (Å²) in [5, 5.41) is 10.1.